The molecule has 0 spiro atoms. The van der Waals surface area contributed by atoms with Crippen LogP contribution in [-0.4, -0.2) is 60.9 Å². The van der Waals surface area contributed by atoms with Crippen LogP contribution in [0.2, 0.25) is 0 Å². The average molecular weight is 400 g/mol. The largest absolute Gasteiger partial charge is 0.379 e. The molecule has 5 nitrogen and oxygen atoms in total. The molecule has 1 amide bonds. The molecule has 2 aromatic rings. The zero-order valence-corrected chi connectivity index (χ0v) is 17.2. The van der Waals surface area contributed by atoms with Gasteiger partial charge in [0.15, 0.2) is 0 Å². The summed E-state index contributed by atoms with van der Waals surface area (Å²) in [5.41, 5.74) is 3.66. The zero-order valence-electron chi connectivity index (χ0n) is 16.4. The number of pyridine rings is 1. The molecule has 1 aliphatic heterocycles. The fraction of sp³-hybridized carbons (Fsp3) is 0.545. The minimum atomic E-state index is 0.123. The third-order valence-corrected chi connectivity index (χ3v) is 6.70. The highest BCUT2D eigenvalue weighted by atomic mass is 32.2. The molecule has 1 fully saturated rings. The molecule has 1 aromatic carbocycles. The van der Waals surface area contributed by atoms with Crippen LogP contribution in [0.5, 0.6) is 0 Å². The van der Waals surface area contributed by atoms with Gasteiger partial charge in [-0.15, -0.1) is 11.8 Å². The number of hydrogen-bond donors (Lipinski definition) is 1. The molecule has 0 atom stereocenters. The van der Waals surface area contributed by atoms with Gasteiger partial charge in [-0.3, -0.25) is 14.7 Å². The van der Waals surface area contributed by atoms with E-state index in [1.54, 1.807) is 11.8 Å². The van der Waals surface area contributed by atoms with Crippen molar-refractivity contribution < 1.29 is 9.53 Å². The second-order valence-electron chi connectivity index (χ2n) is 7.54. The molecule has 0 saturated carbocycles. The Morgan fingerprint density at radius 1 is 1.18 bits per heavy atom. The molecular formula is C22H29N3O2S. The quantitative estimate of drug-likeness (QED) is 0.573. The summed E-state index contributed by atoms with van der Waals surface area (Å²) in [6, 6.07) is 8.33. The number of carbonyl (C=O) groups is 1. The first-order valence-electron chi connectivity index (χ1n) is 10.4. The second kappa shape index (κ2) is 9.72. The number of para-hydroxylation sites is 1. The Labute approximate surface area is 171 Å². The van der Waals surface area contributed by atoms with Crippen LogP contribution in [0.3, 0.4) is 0 Å². The lowest BCUT2D eigenvalue weighted by Gasteiger charge is -2.26. The van der Waals surface area contributed by atoms with Crippen LogP contribution in [0.1, 0.15) is 30.5 Å². The number of benzene rings is 1. The fourth-order valence-electron chi connectivity index (χ4n) is 4.04. The van der Waals surface area contributed by atoms with Gasteiger partial charge in [-0.2, -0.15) is 0 Å². The van der Waals surface area contributed by atoms with Gasteiger partial charge in [0.1, 0.15) is 0 Å². The van der Waals surface area contributed by atoms with Crippen molar-refractivity contribution in [3.05, 3.63) is 35.5 Å². The highest BCUT2D eigenvalue weighted by Gasteiger charge is 2.19. The highest BCUT2D eigenvalue weighted by Crippen LogP contribution is 2.35. The molecule has 4 rings (SSSR count). The summed E-state index contributed by atoms with van der Waals surface area (Å²) < 4.78 is 5.37. The van der Waals surface area contributed by atoms with Gasteiger partial charge in [-0.1, -0.05) is 18.2 Å². The van der Waals surface area contributed by atoms with Crippen molar-refractivity contribution in [1.29, 1.82) is 0 Å². The first-order valence-corrected chi connectivity index (χ1v) is 11.4. The predicted molar refractivity (Wildman–Crippen MR) is 114 cm³/mol. The van der Waals surface area contributed by atoms with E-state index < -0.39 is 0 Å². The van der Waals surface area contributed by atoms with Gasteiger partial charge >= 0.3 is 0 Å². The smallest absolute Gasteiger partial charge is 0.230 e. The maximum atomic E-state index is 12.4. The number of hydrogen-bond acceptors (Lipinski definition) is 5. The Morgan fingerprint density at radius 3 is 2.89 bits per heavy atom. The third kappa shape index (κ3) is 4.85. The molecule has 0 radical (unpaired) electrons. The minimum Gasteiger partial charge on any atom is -0.379 e. The maximum Gasteiger partial charge on any atom is 0.230 e. The van der Waals surface area contributed by atoms with Crippen molar-refractivity contribution in [3.8, 4) is 0 Å². The van der Waals surface area contributed by atoms with Gasteiger partial charge in [0, 0.05) is 35.6 Å². The van der Waals surface area contributed by atoms with E-state index in [1.165, 1.54) is 34.4 Å². The van der Waals surface area contributed by atoms with Crippen LogP contribution in [0.4, 0.5) is 0 Å². The summed E-state index contributed by atoms with van der Waals surface area (Å²) >= 11 is 1.68. The molecule has 150 valence electrons. The van der Waals surface area contributed by atoms with Gasteiger partial charge < -0.3 is 10.1 Å². The van der Waals surface area contributed by atoms with Crippen molar-refractivity contribution in [1.82, 2.24) is 15.2 Å². The van der Waals surface area contributed by atoms with Crippen LogP contribution in [0.25, 0.3) is 10.9 Å². The number of ether oxygens (including phenoxy) is 1. The number of morpholine rings is 1. The van der Waals surface area contributed by atoms with E-state index in [1.807, 2.05) is 6.07 Å². The summed E-state index contributed by atoms with van der Waals surface area (Å²) in [6.45, 7) is 5.43. The molecule has 2 aliphatic rings. The monoisotopic (exact) mass is 399 g/mol. The molecule has 1 aliphatic carbocycles. The van der Waals surface area contributed by atoms with Gasteiger partial charge in [0.05, 0.1) is 24.5 Å². The Morgan fingerprint density at radius 2 is 2.00 bits per heavy atom. The number of rotatable bonds is 7. The Balaban J connectivity index is 1.32. The Bertz CT molecular complexity index is 821. The third-order valence-electron chi connectivity index (χ3n) is 5.54. The number of aryl methyl sites for hydroxylation is 1. The van der Waals surface area contributed by atoms with Gasteiger partial charge in [-0.25, -0.2) is 0 Å². The number of fused-ring (bicyclic) bond motifs is 2. The van der Waals surface area contributed by atoms with Crippen molar-refractivity contribution in [2.75, 3.05) is 45.1 Å². The van der Waals surface area contributed by atoms with Crippen LogP contribution < -0.4 is 5.32 Å². The van der Waals surface area contributed by atoms with Crippen LogP contribution in [-0.2, 0) is 22.4 Å². The molecule has 1 saturated heterocycles. The van der Waals surface area contributed by atoms with Gasteiger partial charge in [0.25, 0.3) is 0 Å². The van der Waals surface area contributed by atoms with Crippen molar-refractivity contribution in [2.45, 2.75) is 37.0 Å². The SMILES string of the molecule is O=C(CSc1c2c(nc3ccccc13)CCCC2)NCCCN1CCOCC1. The summed E-state index contributed by atoms with van der Waals surface area (Å²) in [5.74, 6) is 0.593. The first kappa shape index (κ1) is 19.7. The fourth-order valence-corrected chi connectivity index (χ4v) is 5.14. The number of nitrogens with zero attached hydrogens (tertiary/aromatic N) is 2. The highest BCUT2D eigenvalue weighted by molar-refractivity contribution is 8.00. The van der Waals surface area contributed by atoms with E-state index in [9.17, 15) is 4.79 Å². The number of thioether (sulfide) groups is 1. The number of nitrogens with one attached hydrogen (secondary N) is 1. The molecule has 1 aromatic heterocycles. The zero-order chi connectivity index (χ0) is 19.2. The molecule has 6 heteroatoms. The predicted octanol–water partition coefficient (Wildman–Crippen LogP) is 3.04. The molecule has 0 bridgehead atoms. The standard InChI is InChI=1S/C22H29N3O2S/c26-21(23-10-5-11-25-12-14-27-15-13-25)16-28-22-17-6-1-3-8-19(17)24-20-9-4-2-7-18(20)22/h1,3,6,8H,2,4-5,7,9-16H2,(H,23,26). The Kier molecular flexibility index (Phi) is 6.83. The summed E-state index contributed by atoms with van der Waals surface area (Å²) in [5, 5.41) is 4.28. The topological polar surface area (TPSA) is 54.5 Å². The average Bonchev–Trinajstić information content (AvgIpc) is 2.75. The van der Waals surface area contributed by atoms with E-state index in [2.05, 4.69) is 28.4 Å². The molecule has 0 unspecified atom stereocenters. The first-order chi connectivity index (χ1) is 13.8. The number of amides is 1. The van der Waals surface area contributed by atoms with E-state index in [4.69, 9.17) is 9.72 Å². The maximum absolute atomic E-state index is 12.4. The van der Waals surface area contributed by atoms with Gasteiger partial charge in [0.2, 0.25) is 5.91 Å². The van der Waals surface area contributed by atoms with E-state index in [0.29, 0.717) is 5.75 Å². The molecule has 1 N–H and O–H groups in total. The Hall–Kier alpha value is -1.63. The van der Waals surface area contributed by atoms with E-state index in [-0.39, 0.29) is 5.91 Å². The lowest BCUT2D eigenvalue weighted by Crippen LogP contribution is -2.38. The summed E-state index contributed by atoms with van der Waals surface area (Å²) in [4.78, 5) is 20.9. The van der Waals surface area contributed by atoms with Crippen molar-refractivity contribution in [2.24, 2.45) is 0 Å². The van der Waals surface area contributed by atoms with Gasteiger partial charge in [-0.05, 0) is 50.3 Å². The van der Waals surface area contributed by atoms with E-state index >= 15 is 0 Å². The second-order valence-corrected chi connectivity index (χ2v) is 8.52. The number of aromatic nitrogens is 1. The van der Waals surface area contributed by atoms with Crippen LogP contribution in [0, 0.1) is 0 Å². The minimum absolute atomic E-state index is 0.123. The summed E-state index contributed by atoms with van der Waals surface area (Å²) in [6.07, 6.45) is 5.56. The molecule has 28 heavy (non-hydrogen) atoms. The normalized spacial score (nSPS) is 17.4. The molecular weight excluding hydrogens is 370 g/mol. The van der Waals surface area contributed by atoms with Crippen molar-refractivity contribution in [3.63, 3.8) is 0 Å². The lowest BCUT2D eigenvalue weighted by atomic mass is 9.94. The van der Waals surface area contributed by atoms with E-state index in [0.717, 1.165) is 64.2 Å². The van der Waals surface area contributed by atoms with Crippen molar-refractivity contribution >= 4 is 28.6 Å². The molecule has 2 heterocycles. The lowest BCUT2D eigenvalue weighted by molar-refractivity contribution is -0.118. The van der Waals surface area contributed by atoms with Crippen LogP contribution >= 0.6 is 11.8 Å². The van der Waals surface area contributed by atoms with Crippen LogP contribution in [0.15, 0.2) is 29.2 Å². The number of carbonyl (C=O) groups excluding carboxylic acids is 1. The summed E-state index contributed by atoms with van der Waals surface area (Å²) in [7, 11) is 0.